The van der Waals surface area contributed by atoms with Gasteiger partial charge in [-0.3, -0.25) is 0 Å². The molecule has 0 bridgehead atoms. The molecule has 0 aromatic carbocycles. The Morgan fingerprint density at radius 3 is 2.58 bits per heavy atom. The molecule has 2 fully saturated rings. The summed E-state index contributed by atoms with van der Waals surface area (Å²) in [6.07, 6.45) is 12.6. The third kappa shape index (κ3) is 7.37. The van der Waals surface area contributed by atoms with Crippen LogP contribution in [0.2, 0.25) is 18.1 Å². The normalized spacial score (nSPS) is 31.6. The second kappa shape index (κ2) is 11.8. The second-order valence-corrected chi connectivity index (χ2v) is 20.0. The zero-order chi connectivity index (χ0) is 28.5. The van der Waals surface area contributed by atoms with Crippen molar-refractivity contribution >= 4 is 20.1 Å². The van der Waals surface area contributed by atoms with E-state index in [1.807, 2.05) is 11.8 Å². The van der Waals surface area contributed by atoms with E-state index in [1.165, 1.54) is 18.4 Å². The van der Waals surface area contributed by atoms with Crippen molar-refractivity contribution in [3.63, 3.8) is 0 Å². The molecule has 0 aromatic rings. The molecule has 3 aliphatic carbocycles. The predicted molar refractivity (Wildman–Crippen MR) is 167 cm³/mol. The lowest BCUT2D eigenvalue weighted by molar-refractivity contribution is 0.0908. The van der Waals surface area contributed by atoms with Crippen LogP contribution in [0, 0.1) is 23.2 Å². The van der Waals surface area contributed by atoms with Gasteiger partial charge >= 0.3 is 0 Å². The Bertz CT molecular complexity index is 1040. The van der Waals surface area contributed by atoms with Gasteiger partial charge in [0, 0.05) is 11.7 Å². The maximum atomic E-state index is 10.7. The van der Waals surface area contributed by atoms with E-state index in [0.717, 1.165) is 29.7 Å². The average Bonchev–Trinajstić information content (AvgIpc) is 3.13. The summed E-state index contributed by atoms with van der Waals surface area (Å²) in [5.41, 5.74) is 4.56. The van der Waals surface area contributed by atoms with E-state index in [4.69, 9.17) is 4.43 Å². The molecule has 3 nitrogen and oxygen atoms in total. The van der Waals surface area contributed by atoms with Gasteiger partial charge in [-0.25, -0.2) is 0 Å². The summed E-state index contributed by atoms with van der Waals surface area (Å²) < 4.78 is 6.72. The quantitative estimate of drug-likeness (QED) is 0.198. The van der Waals surface area contributed by atoms with Crippen molar-refractivity contribution < 1.29 is 14.6 Å². The first-order valence-electron chi connectivity index (χ1n) is 14.4. The van der Waals surface area contributed by atoms with E-state index < -0.39 is 13.9 Å². The number of aliphatic hydroxyl groups excluding tert-OH is 1. The third-order valence-corrected chi connectivity index (χ3v) is 14.9. The monoisotopic (exact) mass is 556 g/mol. The first-order chi connectivity index (χ1) is 17.4. The van der Waals surface area contributed by atoms with Gasteiger partial charge in [-0.05, 0) is 93.5 Å². The zero-order valence-electron chi connectivity index (χ0n) is 25.4. The molecule has 0 aromatic heterocycles. The fourth-order valence-electron chi connectivity index (χ4n) is 6.09. The number of fused-ring (bicyclic) bond motifs is 1. The van der Waals surface area contributed by atoms with Crippen LogP contribution >= 0.6 is 11.8 Å². The van der Waals surface area contributed by atoms with Gasteiger partial charge in [0.1, 0.15) is 5.60 Å². The van der Waals surface area contributed by atoms with Crippen molar-refractivity contribution in [1.82, 2.24) is 0 Å². The molecule has 0 heterocycles. The summed E-state index contributed by atoms with van der Waals surface area (Å²) >= 11 is 1.88. The third-order valence-electron chi connectivity index (χ3n) is 9.33. The summed E-state index contributed by atoms with van der Waals surface area (Å²) in [6.45, 7) is 24.0. The van der Waals surface area contributed by atoms with Crippen LogP contribution in [0.5, 0.6) is 0 Å². The molecule has 3 aliphatic rings. The second-order valence-electron chi connectivity index (χ2n) is 14.0. The smallest absolute Gasteiger partial charge is 0.192 e. The van der Waals surface area contributed by atoms with Crippen molar-refractivity contribution in [2.24, 2.45) is 11.3 Å². The van der Waals surface area contributed by atoms with E-state index in [2.05, 4.69) is 84.4 Å². The Balaban J connectivity index is 1.74. The largest absolute Gasteiger partial charge is 0.410 e. The molecule has 1 unspecified atom stereocenters. The van der Waals surface area contributed by atoms with Gasteiger partial charge in [-0.1, -0.05) is 75.5 Å². The lowest BCUT2D eigenvalue weighted by Gasteiger charge is -2.43. The highest BCUT2D eigenvalue weighted by atomic mass is 32.2. The highest BCUT2D eigenvalue weighted by Crippen LogP contribution is 2.56. The molecular weight excluding hydrogens is 505 g/mol. The Morgan fingerprint density at radius 2 is 1.95 bits per heavy atom. The summed E-state index contributed by atoms with van der Waals surface area (Å²) in [5, 5.41) is 21.1. The number of hydrogen-bond donors (Lipinski definition) is 2. The summed E-state index contributed by atoms with van der Waals surface area (Å²) in [4.78, 5) is 0. The highest BCUT2D eigenvalue weighted by Gasteiger charge is 2.46. The van der Waals surface area contributed by atoms with E-state index in [0.29, 0.717) is 24.0 Å². The average molecular weight is 557 g/mol. The number of allylic oxidation sites excluding steroid dienone is 4. The van der Waals surface area contributed by atoms with Crippen molar-refractivity contribution in [2.75, 3.05) is 5.75 Å². The number of rotatable bonds is 6. The SMILES string of the molecule is C=C1/C(=C\C=C2/CCC[C@]3(C)C(C(C)SCC#CC(C)(C)O)=CC[C@@H]23)C[C@@H](O)C[C@@H]1O[Si](C)(C)C(C)(C)C. The van der Waals surface area contributed by atoms with Crippen LogP contribution < -0.4 is 0 Å². The fraction of sp³-hybridized carbons (Fsp3) is 0.697. The lowest BCUT2D eigenvalue weighted by atomic mass is 9.64. The molecule has 5 atom stereocenters. The molecule has 3 rings (SSSR count). The molecule has 0 saturated heterocycles. The van der Waals surface area contributed by atoms with Gasteiger partial charge in [0.2, 0.25) is 0 Å². The van der Waals surface area contributed by atoms with Crippen LogP contribution in [-0.2, 0) is 4.43 Å². The Hall–Kier alpha value is -1.03. The molecule has 2 saturated carbocycles. The minimum atomic E-state index is -1.96. The Morgan fingerprint density at radius 1 is 1.26 bits per heavy atom. The van der Waals surface area contributed by atoms with Crippen LogP contribution in [0.15, 0.2) is 47.1 Å². The summed E-state index contributed by atoms with van der Waals surface area (Å²) in [6, 6.07) is 0. The fourth-order valence-corrected chi connectivity index (χ4v) is 8.34. The van der Waals surface area contributed by atoms with E-state index >= 15 is 0 Å². The maximum Gasteiger partial charge on any atom is 0.192 e. The van der Waals surface area contributed by atoms with Crippen LogP contribution in [0.25, 0.3) is 0 Å². The first-order valence-corrected chi connectivity index (χ1v) is 18.4. The zero-order valence-corrected chi connectivity index (χ0v) is 27.2. The van der Waals surface area contributed by atoms with Crippen molar-refractivity contribution in [2.45, 2.75) is 128 Å². The Labute approximate surface area is 238 Å². The summed E-state index contributed by atoms with van der Waals surface area (Å²) in [7, 11) is -1.96. The van der Waals surface area contributed by atoms with E-state index in [-0.39, 0.29) is 22.7 Å². The Kier molecular flexibility index (Phi) is 9.81. The standard InChI is InChI=1S/C33H52O3SSi/c1-23-26(21-27(34)22-30(23)36-38(9,10)31(3,4)5)15-14-25-13-11-19-33(8)28(16-17-29(25)33)24(2)37-20-12-18-32(6,7)35/h14-16,24,27,29-30,34-35H,1,11,13,17,19-22H2,2-10H3/b25-14+,26-15-/t24?,27-,29+,30+,33-/m1/s1. The number of hydrogen-bond acceptors (Lipinski definition) is 4. The number of aliphatic hydroxyl groups is 2. The van der Waals surface area contributed by atoms with Crippen molar-refractivity contribution in [3.05, 3.63) is 47.1 Å². The van der Waals surface area contributed by atoms with Gasteiger partial charge in [0.05, 0.1) is 18.0 Å². The van der Waals surface area contributed by atoms with Crippen molar-refractivity contribution in [3.8, 4) is 11.8 Å². The van der Waals surface area contributed by atoms with Gasteiger partial charge in [-0.15, -0.1) is 11.8 Å². The molecule has 0 amide bonds. The molecule has 212 valence electrons. The van der Waals surface area contributed by atoms with Crippen molar-refractivity contribution in [1.29, 1.82) is 0 Å². The molecule has 2 N–H and O–H groups in total. The molecular formula is C33H52O3SSi. The highest BCUT2D eigenvalue weighted by molar-refractivity contribution is 8.00. The van der Waals surface area contributed by atoms with Crippen LogP contribution in [0.1, 0.15) is 87.0 Å². The minimum Gasteiger partial charge on any atom is -0.410 e. The first kappa shape index (κ1) is 31.5. The summed E-state index contributed by atoms with van der Waals surface area (Å²) in [5.74, 6) is 7.35. The predicted octanol–water partition coefficient (Wildman–Crippen LogP) is 7.97. The topological polar surface area (TPSA) is 49.7 Å². The van der Waals surface area contributed by atoms with Gasteiger partial charge in [0.15, 0.2) is 8.32 Å². The molecule has 0 radical (unpaired) electrons. The molecule has 5 heteroatoms. The number of thioether (sulfide) groups is 1. The van der Waals surface area contributed by atoms with Crippen LogP contribution in [-0.4, -0.2) is 47.3 Å². The van der Waals surface area contributed by atoms with Crippen LogP contribution in [0.3, 0.4) is 0 Å². The lowest BCUT2D eigenvalue weighted by Crippen LogP contribution is -2.46. The van der Waals surface area contributed by atoms with Crippen LogP contribution in [0.4, 0.5) is 0 Å². The maximum absolute atomic E-state index is 10.7. The van der Waals surface area contributed by atoms with Gasteiger partial charge in [0.25, 0.3) is 0 Å². The molecule has 0 spiro atoms. The van der Waals surface area contributed by atoms with E-state index in [1.54, 1.807) is 19.4 Å². The minimum absolute atomic E-state index is 0.0990. The van der Waals surface area contributed by atoms with Gasteiger partial charge < -0.3 is 14.6 Å². The molecule has 0 aliphatic heterocycles. The van der Waals surface area contributed by atoms with Gasteiger partial charge in [-0.2, -0.15) is 0 Å². The molecule has 38 heavy (non-hydrogen) atoms. The van der Waals surface area contributed by atoms with E-state index in [9.17, 15) is 10.2 Å².